The van der Waals surface area contributed by atoms with E-state index in [1.165, 1.54) is 4.57 Å². The number of hydrogen-bond acceptors (Lipinski definition) is 4. The lowest BCUT2D eigenvalue weighted by molar-refractivity contribution is 0.576. The Morgan fingerprint density at radius 1 is 1.26 bits per heavy atom. The molecule has 0 unspecified atom stereocenters. The van der Waals surface area contributed by atoms with Gasteiger partial charge in [0, 0.05) is 28.7 Å². The van der Waals surface area contributed by atoms with E-state index in [1.807, 2.05) is 18.2 Å². The molecule has 0 radical (unpaired) electrons. The van der Waals surface area contributed by atoms with Crippen molar-refractivity contribution >= 4 is 31.3 Å². The number of nitrogens with zero attached hydrogens (tertiary/aromatic N) is 3. The maximum absolute atomic E-state index is 11.4. The van der Waals surface area contributed by atoms with Crippen LogP contribution >= 0.6 is 22.3 Å². The van der Waals surface area contributed by atoms with E-state index >= 15 is 0 Å². The third-order valence-corrected chi connectivity index (χ3v) is 4.16. The van der Waals surface area contributed by atoms with Gasteiger partial charge in [-0.1, -0.05) is 29.8 Å². The maximum atomic E-state index is 11.4. The fourth-order valence-electron chi connectivity index (χ4n) is 1.76. The van der Waals surface area contributed by atoms with Crippen LogP contribution < -0.4 is 0 Å². The van der Waals surface area contributed by atoms with Gasteiger partial charge in [-0.05, 0) is 18.6 Å². The summed E-state index contributed by atoms with van der Waals surface area (Å²) in [5.41, 5.74) is 0.852. The molecule has 0 bridgehead atoms. The van der Waals surface area contributed by atoms with Gasteiger partial charge >= 0.3 is 0 Å². The quantitative estimate of drug-likeness (QED) is 0.812. The van der Waals surface area contributed by atoms with Crippen LogP contribution in [0.25, 0.3) is 0 Å². The van der Waals surface area contributed by atoms with Crippen LogP contribution in [0.4, 0.5) is 0 Å². The zero-order valence-corrected chi connectivity index (χ0v) is 12.4. The largest absolute Gasteiger partial charge is 0.301 e. The normalized spacial score (nSPS) is 11.7. The van der Waals surface area contributed by atoms with Crippen LogP contribution in [0.3, 0.4) is 0 Å². The van der Waals surface area contributed by atoms with Crippen LogP contribution in [-0.4, -0.2) is 23.2 Å². The number of hydrogen-bond donors (Lipinski definition) is 0. The minimum Gasteiger partial charge on any atom is -0.301 e. The molecule has 8 heteroatoms. The maximum Gasteiger partial charge on any atom is 0.296 e. The van der Waals surface area contributed by atoms with Crippen LogP contribution in [0.1, 0.15) is 18.3 Å². The Morgan fingerprint density at radius 2 is 1.95 bits per heavy atom. The highest BCUT2D eigenvalue weighted by Crippen LogP contribution is 2.20. The van der Waals surface area contributed by atoms with Crippen molar-refractivity contribution < 1.29 is 8.42 Å². The topological polar surface area (TPSA) is 64.8 Å². The van der Waals surface area contributed by atoms with E-state index in [9.17, 15) is 8.42 Å². The molecular formula is C11H11Cl2N3O2S. The summed E-state index contributed by atoms with van der Waals surface area (Å²) in [6.45, 7) is 2.21. The lowest BCUT2D eigenvalue weighted by Gasteiger charge is -2.06. The number of aromatic nitrogens is 3. The Kier molecular flexibility index (Phi) is 4.13. The number of benzene rings is 1. The van der Waals surface area contributed by atoms with Gasteiger partial charge in [0.2, 0.25) is 0 Å². The first kappa shape index (κ1) is 14.3. The van der Waals surface area contributed by atoms with Gasteiger partial charge in [-0.15, -0.1) is 10.2 Å². The van der Waals surface area contributed by atoms with Crippen molar-refractivity contribution in [2.24, 2.45) is 0 Å². The smallest absolute Gasteiger partial charge is 0.296 e. The first-order valence-electron chi connectivity index (χ1n) is 5.53. The average molecular weight is 320 g/mol. The summed E-state index contributed by atoms with van der Waals surface area (Å²) < 4.78 is 24.2. The van der Waals surface area contributed by atoms with Crippen molar-refractivity contribution in [1.29, 1.82) is 0 Å². The second kappa shape index (κ2) is 5.48. The molecule has 0 aliphatic rings. The van der Waals surface area contributed by atoms with Crippen LogP contribution in [0.5, 0.6) is 0 Å². The van der Waals surface area contributed by atoms with E-state index in [-0.39, 0.29) is 5.16 Å². The number of rotatable bonds is 4. The average Bonchev–Trinajstić information content (AvgIpc) is 2.74. The first-order chi connectivity index (χ1) is 8.93. The van der Waals surface area contributed by atoms with E-state index in [1.54, 1.807) is 13.0 Å². The predicted molar refractivity (Wildman–Crippen MR) is 73.0 cm³/mol. The van der Waals surface area contributed by atoms with Gasteiger partial charge in [0.15, 0.2) is 0 Å². The molecule has 1 heterocycles. The van der Waals surface area contributed by atoms with Gasteiger partial charge in [0.1, 0.15) is 5.82 Å². The minimum absolute atomic E-state index is 0.237. The Morgan fingerprint density at radius 3 is 2.53 bits per heavy atom. The molecule has 0 amide bonds. The zero-order valence-electron chi connectivity index (χ0n) is 10.0. The van der Waals surface area contributed by atoms with Gasteiger partial charge in [-0.3, -0.25) is 0 Å². The van der Waals surface area contributed by atoms with Crippen molar-refractivity contribution in [2.45, 2.75) is 25.0 Å². The van der Waals surface area contributed by atoms with Gasteiger partial charge in [0.25, 0.3) is 14.2 Å². The standard InChI is InChI=1S/C11H11Cl2N3O2S/c1-2-16-10(14-15-11(16)19(13,17)18)7-8-5-3-4-6-9(8)12/h3-6H,2,7H2,1H3. The summed E-state index contributed by atoms with van der Waals surface area (Å²) in [4.78, 5) is 0. The van der Waals surface area contributed by atoms with Gasteiger partial charge in [-0.25, -0.2) is 8.42 Å². The second-order valence-electron chi connectivity index (χ2n) is 3.85. The molecular weight excluding hydrogens is 309 g/mol. The Labute approximate surface area is 120 Å². The highest BCUT2D eigenvalue weighted by atomic mass is 35.7. The minimum atomic E-state index is -3.90. The Bertz CT molecular complexity index is 698. The van der Waals surface area contributed by atoms with Crippen molar-refractivity contribution in [3.8, 4) is 0 Å². The molecule has 0 spiro atoms. The van der Waals surface area contributed by atoms with E-state index in [2.05, 4.69) is 10.2 Å². The van der Waals surface area contributed by atoms with Crippen molar-refractivity contribution in [3.63, 3.8) is 0 Å². The Hall–Kier alpha value is -1.11. The van der Waals surface area contributed by atoms with Crippen molar-refractivity contribution in [1.82, 2.24) is 14.8 Å². The molecule has 1 aromatic carbocycles. The van der Waals surface area contributed by atoms with Crippen LogP contribution in [0.15, 0.2) is 29.4 Å². The molecule has 0 saturated heterocycles. The fraction of sp³-hybridized carbons (Fsp3) is 0.273. The molecule has 0 atom stereocenters. The van der Waals surface area contributed by atoms with Crippen LogP contribution in [-0.2, 0) is 22.0 Å². The van der Waals surface area contributed by atoms with E-state index in [0.717, 1.165) is 5.56 Å². The van der Waals surface area contributed by atoms with E-state index < -0.39 is 9.05 Å². The Balaban J connectivity index is 2.43. The third-order valence-electron chi connectivity index (χ3n) is 2.63. The van der Waals surface area contributed by atoms with E-state index in [4.69, 9.17) is 22.3 Å². The first-order valence-corrected chi connectivity index (χ1v) is 8.22. The molecule has 102 valence electrons. The third kappa shape index (κ3) is 3.08. The number of halogens is 2. The molecule has 2 rings (SSSR count). The summed E-state index contributed by atoms with van der Waals surface area (Å²) in [5, 5.41) is 7.88. The molecule has 0 fully saturated rings. The molecule has 0 saturated carbocycles. The predicted octanol–water partition coefficient (Wildman–Crippen LogP) is 2.47. The molecule has 0 N–H and O–H groups in total. The van der Waals surface area contributed by atoms with Gasteiger partial charge in [0.05, 0.1) is 0 Å². The monoisotopic (exact) mass is 319 g/mol. The molecule has 1 aromatic heterocycles. The summed E-state index contributed by atoms with van der Waals surface area (Å²) in [5.74, 6) is 0.509. The highest BCUT2D eigenvalue weighted by molar-refractivity contribution is 8.13. The SMILES string of the molecule is CCn1c(Cc2ccccc2Cl)nnc1S(=O)(=O)Cl. The van der Waals surface area contributed by atoms with Crippen LogP contribution in [0, 0.1) is 0 Å². The van der Waals surface area contributed by atoms with Gasteiger partial charge in [-0.2, -0.15) is 0 Å². The summed E-state index contributed by atoms with van der Waals surface area (Å²) >= 11 is 6.06. The molecule has 19 heavy (non-hydrogen) atoms. The highest BCUT2D eigenvalue weighted by Gasteiger charge is 2.21. The summed E-state index contributed by atoms with van der Waals surface area (Å²) in [6.07, 6.45) is 0.396. The van der Waals surface area contributed by atoms with Crippen molar-refractivity contribution in [2.75, 3.05) is 0 Å². The molecule has 5 nitrogen and oxygen atoms in total. The zero-order chi connectivity index (χ0) is 14.0. The van der Waals surface area contributed by atoms with Crippen molar-refractivity contribution in [3.05, 3.63) is 40.7 Å². The lowest BCUT2D eigenvalue weighted by atomic mass is 10.1. The second-order valence-corrected chi connectivity index (χ2v) is 6.72. The summed E-state index contributed by atoms with van der Waals surface area (Å²) in [7, 11) is 1.41. The lowest BCUT2D eigenvalue weighted by Crippen LogP contribution is -2.08. The fourth-order valence-corrected chi connectivity index (χ4v) is 2.94. The molecule has 2 aromatic rings. The van der Waals surface area contributed by atoms with E-state index in [0.29, 0.717) is 23.8 Å². The molecule has 0 aliphatic heterocycles. The summed E-state index contributed by atoms with van der Waals surface area (Å²) in [6, 6.07) is 7.30. The van der Waals surface area contributed by atoms with Crippen LogP contribution in [0.2, 0.25) is 5.02 Å². The van der Waals surface area contributed by atoms with Gasteiger partial charge < -0.3 is 4.57 Å². The molecule has 0 aliphatic carbocycles.